The van der Waals surface area contributed by atoms with Crippen molar-refractivity contribution in [3.8, 4) is 0 Å². The number of amides is 1. The lowest BCUT2D eigenvalue weighted by Gasteiger charge is -2.32. The SMILES string of the molecule is COC(=O)c1c(NC(=O)CN2CCCC[C@H]2C)sc2c1CCC2. The first-order valence-corrected chi connectivity index (χ1v) is 9.18. The number of aryl methyl sites for hydroxylation is 1. The van der Waals surface area contributed by atoms with Crippen molar-refractivity contribution in [3.63, 3.8) is 0 Å². The second-order valence-electron chi connectivity index (χ2n) is 6.42. The molecule has 0 bridgehead atoms. The summed E-state index contributed by atoms with van der Waals surface area (Å²) in [7, 11) is 1.39. The summed E-state index contributed by atoms with van der Waals surface area (Å²) in [6, 6.07) is 0.447. The monoisotopic (exact) mass is 336 g/mol. The van der Waals surface area contributed by atoms with Crippen molar-refractivity contribution in [2.24, 2.45) is 0 Å². The van der Waals surface area contributed by atoms with Gasteiger partial charge in [-0.3, -0.25) is 9.69 Å². The summed E-state index contributed by atoms with van der Waals surface area (Å²) < 4.78 is 4.92. The van der Waals surface area contributed by atoms with E-state index >= 15 is 0 Å². The van der Waals surface area contributed by atoms with Crippen molar-refractivity contribution in [1.82, 2.24) is 4.90 Å². The number of likely N-dealkylation sites (tertiary alicyclic amines) is 1. The Kier molecular flexibility index (Phi) is 5.02. The Labute approximate surface area is 141 Å². The minimum Gasteiger partial charge on any atom is -0.465 e. The zero-order chi connectivity index (χ0) is 16.4. The summed E-state index contributed by atoms with van der Waals surface area (Å²) in [5, 5.41) is 3.62. The number of ether oxygens (including phenoxy) is 1. The van der Waals surface area contributed by atoms with Crippen LogP contribution in [0.2, 0.25) is 0 Å². The zero-order valence-corrected chi connectivity index (χ0v) is 14.6. The van der Waals surface area contributed by atoms with E-state index in [2.05, 4.69) is 17.1 Å². The van der Waals surface area contributed by atoms with Gasteiger partial charge in [0.2, 0.25) is 5.91 Å². The van der Waals surface area contributed by atoms with Gasteiger partial charge in [-0.2, -0.15) is 0 Å². The van der Waals surface area contributed by atoms with Gasteiger partial charge < -0.3 is 10.1 Å². The molecule has 1 amide bonds. The number of hydrogen-bond donors (Lipinski definition) is 1. The lowest BCUT2D eigenvalue weighted by Crippen LogP contribution is -2.42. The van der Waals surface area contributed by atoms with Crippen LogP contribution in [-0.2, 0) is 22.4 Å². The molecule has 1 aliphatic carbocycles. The molecule has 0 radical (unpaired) electrons. The van der Waals surface area contributed by atoms with Gasteiger partial charge in [0, 0.05) is 10.9 Å². The molecule has 2 heterocycles. The normalized spacial score (nSPS) is 21.0. The van der Waals surface area contributed by atoms with Crippen LogP contribution in [0.5, 0.6) is 0 Å². The number of rotatable bonds is 4. The topological polar surface area (TPSA) is 58.6 Å². The fraction of sp³-hybridized carbons (Fsp3) is 0.647. The van der Waals surface area contributed by atoms with E-state index in [0.29, 0.717) is 23.2 Å². The Morgan fingerprint density at radius 3 is 2.87 bits per heavy atom. The molecule has 1 aromatic heterocycles. The van der Waals surface area contributed by atoms with Crippen LogP contribution in [-0.4, -0.2) is 43.0 Å². The number of anilines is 1. The molecule has 1 atom stereocenters. The van der Waals surface area contributed by atoms with Crippen molar-refractivity contribution in [2.45, 2.75) is 51.5 Å². The number of carbonyl (C=O) groups excluding carboxylic acids is 2. The first-order valence-electron chi connectivity index (χ1n) is 8.37. The van der Waals surface area contributed by atoms with Crippen LogP contribution >= 0.6 is 11.3 Å². The minimum atomic E-state index is -0.342. The highest BCUT2D eigenvalue weighted by molar-refractivity contribution is 7.17. The lowest BCUT2D eigenvalue weighted by atomic mass is 10.0. The largest absolute Gasteiger partial charge is 0.465 e. The Bertz CT molecular complexity index is 611. The van der Waals surface area contributed by atoms with Crippen molar-refractivity contribution >= 4 is 28.2 Å². The maximum absolute atomic E-state index is 12.4. The molecule has 2 aliphatic rings. The lowest BCUT2D eigenvalue weighted by molar-refractivity contribution is -0.118. The highest BCUT2D eigenvalue weighted by atomic mass is 32.1. The molecule has 1 aliphatic heterocycles. The first kappa shape index (κ1) is 16.5. The summed E-state index contributed by atoms with van der Waals surface area (Å²) in [4.78, 5) is 28.0. The number of carbonyl (C=O) groups is 2. The van der Waals surface area contributed by atoms with E-state index in [9.17, 15) is 9.59 Å². The van der Waals surface area contributed by atoms with E-state index in [1.54, 1.807) is 0 Å². The highest BCUT2D eigenvalue weighted by Crippen LogP contribution is 2.39. The van der Waals surface area contributed by atoms with Gasteiger partial charge in [0.15, 0.2) is 0 Å². The second kappa shape index (κ2) is 7.01. The molecule has 0 aromatic carbocycles. The summed E-state index contributed by atoms with van der Waals surface area (Å²) in [5.74, 6) is -0.380. The van der Waals surface area contributed by atoms with Crippen LogP contribution in [0.1, 0.15) is 53.4 Å². The molecule has 6 heteroatoms. The second-order valence-corrected chi connectivity index (χ2v) is 7.52. The third-order valence-corrected chi connectivity index (χ3v) is 6.06. The zero-order valence-electron chi connectivity index (χ0n) is 13.8. The van der Waals surface area contributed by atoms with Crippen molar-refractivity contribution in [2.75, 3.05) is 25.5 Å². The molecule has 5 nitrogen and oxygen atoms in total. The Balaban J connectivity index is 1.72. The van der Waals surface area contributed by atoms with E-state index < -0.39 is 0 Å². The number of fused-ring (bicyclic) bond motifs is 1. The van der Waals surface area contributed by atoms with E-state index in [1.165, 1.54) is 29.7 Å². The molecule has 0 unspecified atom stereocenters. The molecule has 3 rings (SSSR count). The van der Waals surface area contributed by atoms with Crippen LogP contribution in [0.3, 0.4) is 0 Å². The van der Waals surface area contributed by atoms with E-state index in [4.69, 9.17) is 4.74 Å². The quantitative estimate of drug-likeness (QED) is 0.859. The van der Waals surface area contributed by atoms with Gasteiger partial charge in [-0.25, -0.2) is 4.79 Å². The molecule has 1 N–H and O–H groups in total. The number of nitrogens with zero attached hydrogens (tertiary/aromatic N) is 1. The summed E-state index contributed by atoms with van der Waals surface area (Å²) in [5.41, 5.74) is 1.65. The van der Waals surface area contributed by atoms with Crippen molar-refractivity contribution < 1.29 is 14.3 Å². The van der Waals surface area contributed by atoms with Gasteiger partial charge in [-0.05, 0) is 51.1 Å². The predicted molar refractivity (Wildman–Crippen MR) is 91.2 cm³/mol. The Hall–Kier alpha value is -1.40. The average molecular weight is 336 g/mol. The predicted octanol–water partition coefficient (Wildman–Crippen LogP) is 2.84. The van der Waals surface area contributed by atoms with Gasteiger partial charge in [0.25, 0.3) is 0 Å². The van der Waals surface area contributed by atoms with Crippen LogP contribution < -0.4 is 5.32 Å². The van der Waals surface area contributed by atoms with E-state index in [-0.39, 0.29) is 11.9 Å². The van der Waals surface area contributed by atoms with Gasteiger partial charge in [0.05, 0.1) is 19.2 Å². The number of nitrogens with one attached hydrogen (secondary N) is 1. The standard InChI is InChI=1S/C17H24N2O3S/c1-11-6-3-4-9-19(11)10-14(20)18-16-15(17(21)22-2)12-7-5-8-13(12)23-16/h11H,3-10H2,1-2H3,(H,18,20)/t11-/m1/s1. The van der Waals surface area contributed by atoms with Crippen LogP contribution in [0.25, 0.3) is 0 Å². The molecule has 23 heavy (non-hydrogen) atoms. The van der Waals surface area contributed by atoms with E-state index in [1.807, 2.05) is 0 Å². The minimum absolute atomic E-state index is 0.0381. The number of piperidine rings is 1. The molecular weight excluding hydrogens is 312 g/mol. The van der Waals surface area contributed by atoms with Gasteiger partial charge >= 0.3 is 5.97 Å². The molecule has 0 saturated carbocycles. The molecule has 126 valence electrons. The van der Waals surface area contributed by atoms with Crippen LogP contribution in [0.15, 0.2) is 0 Å². The van der Waals surface area contributed by atoms with E-state index in [0.717, 1.165) is 44.2 Å². The van der Waals surface area contributed by atoms with Crippen LogP contribution in [0.4, 0.5) is 5.00 Å². The molecule has 1 fully saturated rings. The summed E-state index contributed by atoms with van der Waals surface area (Å²) in [6.07, 6.45) is 6.50. The molecule has 1 saturated heterocycles. The fourth-order valence-corrected chi connectivity index (χ4v) is 4.85. The third-order valence-electron chi connectivity index (χ3n) is 4.85. The first-order chi connectivity index (χ1) is 11.1. The van der Waals surface area contributed by atoms with Crippen molar-refractivity contribution in [1.29, 1.82) is 0 Å². The van der Waals surface area contributed by atoms with Crippen LogP contribution in [0, 0.1) is 0 Å². The number of hydrogen-bond acceptors (Lipinski definition) is 5. The number of esters is 1. The maximum Gasteiger partial charge on any atom is 0.341 e. The van der Waals surface area contributed by atoms with Gasteiger partial charge in [-0.1, -0.05) is 6.42 Å². The molecule has 1 aromatic rings. The molecular formula is C17H24N2O3S. The third kappa shape index (κ3) is 3.43. The van der Waals surface area contributed by atoms with Gasteiger partial charge in [-0.15, -0.1) is 11.3 Å². The average Bonchev–Trinajstić information content (AvgIpc) is 3.09. The Morgan fingerprint density at radius 1 is 1.30 bits per heavy atom. The number of thiophene rings is 1. The van der Waals surface area contributed by atoms with Gasteiger partial charge in [0.1, 0.15) is 5.00 Å². The highest BCUT2D eigenvalue weighted by Gasteiger charge is 2.28. The van der Waals surface area contributed by atoms with Crippen molar-refractivity contribution in [3.05, 3.63) is 16.0 Å². The fourth-order valence-electron chi connectivity index (χ4n) is 3.55. The summed E-state index contributed by atoms with van der Waals surface area (Å²) >= 11 is 1.53. The number of methoxy groups -OCH3 is 1. The maximum atomic E-state index is 12.4. The Morgan fingerprint density at radius 2 is 2.13 bits per heavy atom. The smallest absolute Gasteiger partial charge is 0.341 e. The molecule has 0 spiro atoms. The summed E-state index contributed by atoms with van der Waals surface area (Å²) in [6.45, 7) is 3.54.